The zero-order valence-corrected chi connectivity index (χ0v) is 11.5. The van der Waals surface area contributed by atoms with Crippen LogP contribution in [0.5, 0.6) is 0 Å². The maximum atomic E-state index is 5.26. The molecule has 2 heterocycles. The van der Waals surface area contributed by atoms with Crippen LogP contribution in [0.1, 0.15) is 26.7 Å². The van der Waals surface area contributed by atoms with Crippen LogP contribution in [0, 0.1) is 5.92 Å². The van der Waals surface area contributed by atoms with Crippen LogP contribution in [0.2, 0.25) is 0 Å². The van der Waals surface area contributed by atoms with E-state index in [4.69, 9.17) is 4.52 Å². The van der Waals surface area contributed by atoms with Gasteiger partial charge in [0.15, 0.2) is 0 Å². The number of aromatic nitrogens is 4. The minimum Gasteiger partial charge on any atom is -0.339 e. The Labute approximate surface area is 112 Å². The predicted octanol–water partition coefficient (Wildman–Crippen LogP) is 1.70. The molecule has 0 saturated heterocycles. The van der Waals surface area contributed by atoms with Gasteiger partial charge in [-0.05, 0) is 18.5 Å². The van der Waals surface area contributed by atoms with Crippen molar-refractivity contribution < 1.29 is 4.52 Å². The van der Waals surface area contributed by atoms with E-state index in [9.17, 15) is 0 Å². The molecule has 1 unspecified atom stereocenters. The van der Waals surface area contributed by atoms with Crippen LogP contribution < -0.4 is 5.32 Å². The lowest BCUT2D eigenvalue weighted by atomic mass is 10.0. The lowest BCUT2D eigenvalue weighted by Crippen LogP contribution is -2.35. The van der Waals surface area contributed by atoms with Crippen molar-refractivity contribution in [3.63, 3.8) is 0 Å². The Morgan fingerprint density at radius 3 is 2.58 bits per heavy atom. The van der Waals surface area contributed by atoms with E-state index in [-0.39, 0.29) is 0 Å². The number of rotatable bonds is 6. The summed E-state index contributed by atoms with van der Waals surface area (Å²) < 4.78 is 5.26. The van der Waals surface area contributed by atoms with Gasteiger partial charge in [-0.1, -0.05) is 25.9 Å². The van der Waals surface area contributed by atoms with Crippen molar-refractivity contribution in [1.29, 1.82) is 0 Å². The summed E-state index contributed by atoms with van der Waals surface area (Å²) in [6, 6.07) is 2.08. The van der Waals surface area contributed by atoms with Crippen LogP contribution in [-0.4, -0.2) is 32.7 Å². The van der Waals surface area contributed by atoms with Gasteiger partial charge in [-0.15, -0.1) is 0 Å². The molecule has 0 bridgehead atoms. The molecular weight excluding hydrogens is 242 g/mol. The normalized spacial score (nSPS) is 12.8. The number of hydrogen-bond acceptors (Lipinski definition) is 6. The molecule has 102 valence electrons. The molecule has 0 saturated carbocycles. The number of nitrogens with zero attached hydrogens (tertiary/aromatic N) is 4. The Balaban J connectivity index is 2.09. The molecule has 0 fully saturated rings. The van der Waals surface area contributed by atoms with Gasteiger partial charge in [-0.3, -0.25) is 0 Å². The van der Waals surface area contributed by atoms with Gasteiger partial charge in [0, 0.05) is 24.9 Å². The molecule has 0 spiro atoms. The van der Waals surface area contributed by atoms with Crippen LogP contribution in [0.15, 0.2) is 23.0 Å². The molecule has 2 rings (SSSR count). The molecule has 2 aromatic rings. The highest BCUT2D eigenvalue weighted by molar-refractivity contribution is 5.40. The van der Waals surface area contributed by atoms with E-state index < -0.39 is 0 Å². The Kier molecular flexibility index (Phi) is 4.57. The maximum absolute atomic E-state index is 5.26. The molecule has 6 heteroatoms. The molecule has 1 atom stereocenters. The van der Waals surface area contributed by atoms with E-state index in [2.05, 4.69) is 46.2 Å². The Hall–Kier alpha value is -1.82. The zero-order valence-electron chi connectivity index (χ0n) is 11.5. The van der Waals surface area contributed by atoms with Gasteiger partial charge >= 0.3 is 0 Å². The average Bonchev–Trinajstić information content (AvgIpc) is 2.88. The number of nitrogens with one attached hydrogen (secondary N) is 1. The van der Waals surface area contributed by atoms with Gasteiger partial charge in [0.1, 0.15) is 0 Å². The zero-order chi connectivity index (χ0) is 13.7. The molecule has 1 N–H and O–H groups in total. The van der Waals surface area contributed by atoms with Crippen molar-refractivity contribution in [2.75, 3.05) is 6.54 Å². The highest BCUT2D eigenvalue weighted by Gasteiger charge is 2.18. The molecule has 0 aromatic carbocycles. The van der Waals surface area contributed by atoms with Gasteiger partial charge in [-0.2, -0.15) is 4.98 Å². The SMILES string of the molecule is CCNC(Cc1nc(-c2ncccn2)no1)C(C)C. The van der Waals surface area contributed by atoms with E-state index in [1.165, 1.54) is 0 Å². The first-order chi connectivity index (χ1) is 9.20. The van der Waals surface area contributed by atoms with Gasteiger partial charge in [0.25, 0.3) is 0 Å². The minimum absolute atomic E-state index is 0.329. The van der Waals surface area contributed by atoms with Crippen molar-refractivity contribution in [3.8, 4) is 11.6 Å². The standard InChI is InChI=1S/C13H19N5O/c1-4-14-10(9(2)3)8-11-17-13(18-19-11)12-15-6-5-7-16-12/h5-7,9-10,14H,4,8H2,1-3H3. The monoisotopic (exact) mass is 261 g/mol. The predicted molar refractivity (Wildman–Crippen MR) is 71.3 cm³/mol. The van der Waals surface area contributed by atoms with Crippen molar-refractivity contribution in [1.82, 2.24) is 25.4 Å². The number of likely N-dealkylation sites (N-methyl/N-ethyl adjacent to an activating group) is 1. The van der Waals surface area contributed by atoms with Crippen LogP contribution >= 0.6 is 0 Å². The summed E-state index contributed by atoms with van der Waals surface area (Å²) in [5.74, 6) is 2.04. The van der Waals surface area contributed by atoms with Gasteiger partial charge < -0.3 is 9.84 Å². The fourth-order valence-electron chi connectivity index (χ4n) is 1.84. The molecule has 19 heavy (non-hydrogen) atoms. The van der Waals surface area contributed by atoms with Gasteiger partial charge in [0.2, 0.25) is 17.5 Å². The largest absolute Gasteiger partial charge is 0.339 e. The summed E-state index contributed by atoms with van der Waals surface area (Å²) in [6.45, 7) is 7.36. The van der Waals surface area contributed by atoms with Crippen LogP contribution in [-0.2, 0) is 6.42 Å². The third-order valence-electron chi connectivity index (χ3n) is 2.90. The fourth-order valence-corrected chi connectivity index (χ4v) is 1.84. The fraction of sp³-hybridized carbons (Fsp3) is 0.538. The first kappa shape index (κ1) is 13.6. The summed E-state index contributed by atoms with van der Waals surface area (Å²) >= 11 is 0. The van der Waals surface area contributed by atoms with E-state index in [0.29, 0.717) is 35.9 Å². The second-order valence-corrected chi connectivity index (χ2v) is 4.70. The molecule has 2 aromatic heterocycles. The van der Waals surface area contributed by atoms with Crippen molar-refractivity contribution >= 4 is 0 Å². The van der Waals surface area contributed by atoms with Crippen molar-refractivity contribution in [3.05, 3.63) is 24.4 Å². The van der Waals surface area contributed by atoms with E-state index in [1.54, 1.807) is 18.5 Å². The molecule has 0 aliphatic heterocycles. The lowest BCUT2D eigenvalue weighted by molar-refractivity contribution is 0.329. The Morgan fingerprint density at radius 2 is 1.95 bits per heavy atom. The van der Waals surface area contributed by atoms with Crippen LogP contribution in [0.3, 0.4) is 0 Å². The summed E-state index contributed by atoms with van der Waals surface area (Å²) in [5.41, 5.74) is 0. The van der Waals surface area contributed by atoms with E-state index >= 15 is 0 Å². The molecule has 6 nitrogen and oxygen atoms in total. The van der Waals surface area contributed by atoms with Crippen LogP contribution in [0.25, 0.3) is 11.6 Å². The second kappa shape index (κ2) is 6.38. The lowest BCUT2D eigenvalue weighted by Gasteiger charge is -2.19. The topological polar surface area (TPSA) is 76.7 Å². The van der Waals surface area contributed by atoms with E-state index in [0.717, 1.165) is 6.54 Å². The smallest absolute Gasteiger partial charge is 0.240 e. The van der Waals surface area contributed by atoms with Crippen molar-refractivity contribution in [2.45, 2.75) is 33.2 Å². The second-order valence-electron chi connectivity index (χ2n) is 4.70. The minimum atomic E-state index is 0.329. The Morgan fingerprint density at radius 1 is 1.21 bits per heavy atom. The number of hydrogen-bond donors (Lipinski definition) is 1. The highest BCUT2D eigenvalue weighted by atomic mass is 16.5. The molecule has 0 radical (unpaired) electrons. The first-order valence-corrected chi connectivity index (χ1v) is 6.54. The summed E-state index contributed by atoms with van der Waals surface area (Å²) in [5, 5.41) is 7.34. The third kappa shape index (κ3) is 3.57. The van der Waals surface area contributed by atoms with E-state index in [1.807, 2.05) is 0 Å². The maximum Gasteiger partial charge on any atom is 0.240 e. The Bertz CT molecular complexity index is 497. The first-order valence-electron chi connectivity index (χ1n) is 6.54. The summed E-state index contributed by atoms with van der Waals surface area (Å²) in [6.07, 6.45) is 4.03. The molecular formula is C13H19N5O. The summed E-state index contributed by atoms with van der Waals surface area (Å²) in [4.78, 5) is 12.5. The molecule has 0 amide bonds. The third-order valence-corrected chi connectivity index (χ3v) is 2.90. The summed E-state index contributed by atoms with van der Waals surface area (Å²) in [7, 11) is 0. The quantitative estimate of drug-likeness (QED) is 0.853. The average molecular weight is 261 g/mol. The van der Waals surface area contributed by atoms with Crippen LogP contribution in [0.4, 0.5) is 0 Å². The van der Waals surface area contributed by atoms with Gasteiger partial charge in [0.05, 0.1) is 0 Å². The van der Waals surface area contributed by atoms with Crippen molar-refractivity contribution in [2.24, 2.45) is 5.92 Å². The van der Waals surface area contributed by atoms with Gasteiger partial charge in [-0.25, -0.2) is 9.97 Å². The molecule has 0 aliphatic carbocycles. The highest BCUT2D eigenvalue weighted by Crippen LogP contribution is 2.13. The molecule has 0 aliphatic rings.